The van der Waals surface area contributed by atoms with Gasteiger partial charge in [-0.05, 0) is 56.7 Å². The zero-order valence-electron chi connectivity index (χ0n) is 19.5. The van der Waals surface area contributed by atoms with Crippen LogP contribution >= 0.6 is 11.3 Å². The van der Waals surface area contributed by atoms with E-state index in [2.05, 4.69) is 25.6 Å². The van der Waals surface area contributed by atoms with E-state index in [1.807, 2.05) is 63.2 Å². The first kappa shape index (κ1) is 22.5. The van der Waals surface area contributed by atoms with Crippen LogP contribution in [0.1, 0.15) is 29.8 Å². The summed E-state index contributed by atoms with van der Waals surface area (Å²) in [6.07, 6.45) is 3.21. The van der Waals surface area contributed by atoms with Crippen molar-refractivity contribution >= 4 is 61.2 Å². The lowest BCUT2D eigenvalue weighted by molar-refractivity contribution is 0.102. The van der Waals surface area contributed by atoms with Crippen LogP contribution in [0.4, 0.5) is 23.0 Å². The Morgan fingerprint density at radius 3 is 2.60 bits per heavy atom. The number of pyridine rings is 1. The van der Waals surface area contributed by atoms with Crippen LogP contribution in [0.15, 0.2) is 60.4 Å². The summed E-state index contributed by atoms with van der Waals surface area (Å²) in [5.41, 5.74) is 9.49. The third-order valence-corrected chi connectivity index (χ3v) is 6.50. The number of carbonyl (C=O) groups is 1. The molecule has 3 heterocycles. The molecule has 0 radical (unpaired) electrons. The van der Waals surface area contributed by atoms with Crippen LogP contribution < -0.4 is 21.1 Å². The van der Waals surface area contributed by atoms with Gasteiger partial charge in [0, 0.05) is 28.0 Å². The lowest BCUT2D eigenvalue weighted by Gasteiger charge is -2.15. The molecule has 0 atom stereocenters. The first-order valence-electron chi connectivity index (χ1n) is 11.1. The van der Waals surface area contributed by atoms with Crippen LogP contribution in [0.25, 0.3) is 21.0 Å². The quantitative estimate of drug-likeness (QED) is 0.274. The SMILES string of the molecule is Cc1ccc2c(Nc3ccc(OC(C)C)cc3)nccc2c1NC(=O)c1csc2c(N)ncnc12. The van der Waals surface area contributed by atoms with E-state index >= 15 is 0 Å². The van der Waals surface area contributed by atoms with Crippen LogP contribution in [-0.4, -0.2) is 27.0 Å². The summed E-state index contributed by atoms with van der Waals surface area (Å²) >= 11 is 1.36. The molecule has 176 valence electrons. The summed E-state index contributed by atoms with van der Waals surface area (Å²) in [5, 5.41) is 9.98. The number of benzene rings is 2. The van der Waals surface area contributed by atoms with Crippen molar-refractivity contribution in [1.82, 2.24) is 15.0 Å². The number of fused-ring (bicyclic) bond motifs is 2. The Morgan fingerprint density at radius 1 is 1.03 bits per heavy atom. The summed E-state index contributed by atoms with van der Waals surface area (Å²) in [5.74, 6) is 1.62. The first-order valence-corrected chi connectivity index (χ1v) is 12.0. The monoisotopic (exact) mass is 484 g/mol. The third kappa shape index (κ3) is 4.45. The van der Waals surface area contributed by atoms with Crippen molar-refractivity contribution in [1.29, 1.82) is 0 Å². The number of hydrogen-bond acceptors (Lipinski definition) is 8. The van der Waals surface area contributed by atoms with Crippen molar-refractivity contribution < 1.29 is 9.53 Å². The average molecular weight is 485 g/mol. The minimum atomic E-state index is -0.253. The number of amides is 1. The fourth-order valence-corrected chi connectivity index (χ4v) is 4.77. The fourth-order valence-electron chi connectivity index (χ4n) is 3.87. The summed E-state index contributed by atoms with van der Waals surface area (Å²) < 4.78 is 6.42. The molecule has 9 heteroatoms. The van der Waals surface area contributed by atoms with Crippen molar-refractivity contribution in [2.24, 2.45) is 0 Å². The summed E-state index contributed by atoms with van der Waals surface area (Å²) in [6.45, 7) is 5.95. The number of ether oxygens (including phenoxy) is 1. The molecule has 0 unspecified atom stereocenters. The van der Waals surface area contributed by atoms with Gasteiger partial charge in [0.2, 0.25) is 0 Å². The van der Waals surface area contributed by atoms with Crippen LogP contribution in [0.5, 0.6) is 5.75 Å². The summed E-state index contributed by atoms with van der Waals surface area (Å²) in [4.78, 5) is 26.0. The second-order valence-corrected chi connectivity index (χ2v) is 9.25. The smallest absolute Gasteiger partial charge is 0.258 e. The van der Waals surface area contributed by atoms with Crippen molar-refractivity contribution in [3.63, 3.8) is 0 Å². The molecule has 5 aromatic rings. The Labute approximate surface area is 206 Å². The molecule has 1 amide bonds. The lowest BCUT2D eigenvalue weighted by atomic mass is 10.0. The zero-order chi connectivity index (χ0) is 24.5. The highest BCUT2D eigenvalue weighted by molar-refractivity contribution is 7.18. The van der Waals surface area contributed by atoms with Crippen LogP contribution in [0.3, 0.4) is 0 Å². The van der Waals surface area contributed by atoms with Gasteiger partial charge in [0.15, 0.2) is 0 Å². The number of nitrogens with two attached hydrogens (primary N) is 1. The van der Waals surface area contributed by atoms with Gasteiger partial charge < -0.3 is 21.1 Å². The van der Waals surface area contributed by atoms with Gasteiger partial charge in [-0.25, -0.2) is 15.0 Å². The van der Waals surface area contributed by atoms with E-state index in [1.165, 1.54) is 17.7 Å². The Balaban J connectivity index is 1.47. The summed E-state index contributed by atoms with van der Waals surface area (Å²) in [7, 11) is 0. The van der Waals surface area contributed by atoms with E-state index in [1.54, 1.807) is 11.6 Å². The van der Waals surface area contributed by atoms with Crippen molar-refractivity contribution in [2.75, 3.05) is 16.4 Å². The van der Waals surface area contributed by atoms with Gasteiger partial charge >= 0.3 is 0 Å². The maximum absolute atomic E-state index is 13.2. The lowest BCUT2D eigenvalue weighted by Crippen LogP contribution is -2.13. The van der Waals surface area contributed by atoms with Gasteiger partial charge in [0.1, 0.15) is 23.7 Å². The molecule has 5 rings (SSSR count). The predicted molar refractivity (Wildman–Crippen MR) is 142 cm³/mol. The Morgan fingerprint density at radius 2 is 1.83 bits per heavy atom. The number of rotatable bonds is 6. The normalized spacial score (nSPS) is 11.2. The highest BCUT2D eigenvalue weighted by Gasteiger charge is 2.18. The van der Waals surface area contributed by atoms with Gasteiger partial charge in [-0.2, -0.15) is 0 Å². The average Bonchev–Trinajstić information content (AvgIpc) is 3.28. The molecule has 0 saturated heterocycles. The second-order valence-electron chi connectivity index (χ2n) is 8.37. The zero-order valence-corrected chi connectivity index (χ0v) is 20.3. The van der Waals surface area contributed by atoms with E-state index < -0.39 is 0 Å². The number of carbonyl (C=O) groups excluding carboxylic acids is 1. The van der Waals surface area contributed by atoms with Crippen LogP contribution in [0.2, 0.25) is 0 Å². The molecule has 35 heavy (non-hydrogen) atoms. The maximum atomic E-state index is 13.2. The fraction of sp³-hybridized carbons (Fsp3) is 0.154. The minimum Gasteiger partial charge on any atom is -0.491 e. The molecule has 0 saturated carbocycles. The molecule has 0 fully saturated rings. The van der Waals surface area contributed by atoms with Gasteiger partial charge in [-0.15, -0.1) is 11.3 Å². The van der Waals surface area contributed by atoms with Crippen LogP contribution in [-0.2, 0) is 0 Å². The number of aryl methyl sites for hydroxylation is 1. The molecule has 0 bridgehead atoms. The van der Waals surface area contributed by atoms with Gasteiger partial charge in [0.25, 0.3) is 5.91 Å². The van der Waals surface area contributed by atoms with Crippen molar-refractivity contribution in [3.05, 3.63) is 71.5 Å². The molecule has 0 aliphatic heterocycles. The van der Waals surface area contributed by atoms with E-state index in [0.717, 1.165) is 33.5 Å². The predicted octanol–water partition coefficient (Wildman–Crippen LogP) is 5.91. The summed E-state index contributed by atoms with van der Waals surface area (Å²) in [6, 6.07) is 13.6. The van der Waals surface area contributed by atoms with E-state index in [-0.39, 0.29) is 12.0 Å². The largest absolute Gasteiger partial charge is 0.491 e. The van der Waals surface area contributed by atoms with E-state index in [9.17, 15) is 4.79 Å². The van der Waals surface area contributed by atoms with Crippen molar-refractivity contribution in [3.8, 4) is 5.75 Å². The first-order chi connectivity index (χ1) is 16.9. The van der Waals surface area contributed by atoms with Crippen LogP contribution in [0, 0.1) is 6.92 Å². The molecule has 4 N–H and O–H groups in total. The number of nitrogens with zero attached hydrogens (tertiary/aromatic N) is 3. The third-order valence-electron chi connectivity index (χ3n) is 5.51. The molecular weight excluding hydrogens is 460 g/mol. The van der Waals surface area contributed by atoms with Gasteiger partial charge in [-0.1, -0.05) is 12.1 Å². The number of hydrogen-bond donors (Lipinski definition) is 3. The highest BCUT2D eigenvalue weighted by Crippen LogP contribution is 2.34. The second kappa shape index (κ2) is 9.19. The molecule has 0 aliphatic rings. The molecule has 0 aliphatic carbocycles. The number of nitrogen functional groups attached to an aromatic ring is 1. The topological polar surface area (TPSA) is 115 Å². The van der Waals surface area contributed by atoms with Gasteiger partial charge in [0.05, 0.1) is 27.6 Å². The Kier molecular flexibility index (Phi) is 5.92. The number of anilines is 4. The number of thiophene rings is 1. The standard InChI is InChI=1S/C26H24N6O2S/c1-14(2)34-17-7-5-16(6-8-17)31-25-19-9-4-15(3)21(18(19)10-11-28-25)32-26(33)20-12-35-23-22(20)29-13-30-24(23)27/h4-14H,1-3H3,(H,28,31)(H,32,33)(H2,27,29,30). The number of nitrogens with one attached hydrogen (secondary N) is 2. The van der Waals surface area contributed by atoms with E-state index in [0.29, 0.717) is 27.4 Å². The van der Waals surface area contributed by atoms with Crippen molar-refractivity contribution in [2.45, 2.75) is 26.9 Å². The van der Waals surface area contributed by atoms with Gasteiger partial charge in [-0.3, -0.25) is 4.79 Å². The molecule has 0 spiro atoms. The minimum absolute atomic E-state index is 0.113. The molecule has 8 nitrogen and oxygen atoms in total. The number of aromatic nitrogens is 3. The highest BCUT2D eigenvalue weighted by atomic mass is 32.1. The molecule has 3 aromatic heterocycles. The Bertz CT molecular complexity index is 1550. The van der Waals surface area contributed by atoms with E-state index in [4.69, 9.17) is 10.5 Å². The molecular formula is C26H24N6O2S. The molecule has 2 aromatic carbocycles. The Hall–Kier alpha value is -4.24. The maximum Gasteiger partial charge on any atom is 0.258 e.